The third kappa shape index (κ3) is 4.44. The summed E-state index contributed by atoms with van der Waals surface area (Å²) in [7, 11) is 0. The Labute approximate surface area is 161 Å². The third-order valence-electron chi connectivity index (χ3n) is 3.93. The lowest BCUT2D eigenvalue weighted by Crippen LogP contribution is -2.20. The molecule has 0 radical (unpaired) electrons. The van der Waals surface area contributed by atoms with E-state index in [0.717, 1.165) is 10.8 Å². The summed E-state index contributed by atoms with van der Waals surface area (Å²) >= 11 is 0. The van der Waals surface area contributed by atoms with E-state index >= 15 is 0 Å². The van der Waals surface area contributed by atoms with E-state index in [1.54, 1.807) is 12.1 Å². The molecule has 1 N–H and O–H groups in total. The molecule has 0 bridgehead atoms. The number of alkyl halides is 3. The molecule has 0 saturated carbocycles. The summed E-state index contributed by atoms with van der Waals surface area (Å²) in [5.41, 5.74) is -1.65. The highest BCUT2D eigenvalue weighted by Gasteiger charge is 2.30. The molecule has 136 valence electrons. The number of hydrogen-bond donors (Lipinski definition) is 1. The standard InChI is InChI=1S/C22H22F3N/c1-16(20-13-5-10-18-9-2-3-12-21(18)20)26-14-6-8-17-7-4-11-19(15-17)22(23,24)25/h2-5,7,9-13,15-16,26H,6,8,14H2,1H3/t16-/m0/s1/i4D,6D2,7D,11D,15D,16D. The second kappa shape index (κ2) is 7.92. The van der Waals surface area contributed by atoms with Gasteiger partial charge in [-0.1, -0.05) is 60.6 Å². The predicted molar refractivity (Wildman–Crippen MR) is 100 cm³/mol. The highest BCUT2D eigenvalue weighted by molar-refractivity contribution is 5.86. The molecule has 0 heterocycles. The van der Waals surface area contributed by atoms with Crippen LogP contribution in [-0.2, 0) is 12.6 Å². The summed E-state index contributed by atoms with van der Waals surface area (Å²) < 4.78 is 96.3. The normalized spacial score (nSPS) is 18.7. The van der Waals surface area contributed by atoms with Crippen LogP contribution in [0.15, 0.2) is 66.6 Å². The first kappa shape index (κ1) is 11.4. The van der Waals surface area contributed by atoms with Crippen molar-refractivity contribution in [1.29, 1.82) is 0 Å². The van der Waals surface area contributed by atoms with Crippen molar-refractivity contribution < 1.29 is 22.8 Å². The van der Waals surface area contributed by atoms with Crippen molar-refractivity contribution in [2.75, 3.05) is 6.54 Å². The third-order valence-corrected chi connectivity index (χ3v) is 3.93. The first-order valence-electron chi connectivity index (χ1n) is 11.6. The van der Waals surface area contributed by atoms with Crippen LogP contribution in [-0.4, -0.2) is 6.54 Å². The van der Waals surface area contributed by atoms with Gasteiger partial charge >= 0.3 is 6.18 Å². The quantitative estimate of drug-likeness (QED) is 0.554. The lowest BCUT2D eigenvalue weighted by atomic mass is 9.99. The fourth-order valence-electron chi connectivity index (χ4n) is 2.64. The highest BCUT2D eigenvalue weighted by atomic mass is 19.4. The number of halogens is 3. The summed E-state index contributed by atoms with van der Waals surface area (Å²) in [4.78, 5) is 0. The van der Waals surface area contributed by atoms with Gasteiger partial charge in [-0.25, -0.2) is 0 Å². The van der Waals surface area contributed by atoms with Gasteiger partial charge in [0.05, 0.1) is 12.4 Å². The molecule has 0 saturated heterocycles. The van der Waals surface area contributed by atoms with Crippen molar-refractivity contribution in [3.8, 4) is 0 Å². The zero-order chi connectivity index (χ0) is 24.8. The molecule has 0 aliphatic rings. The van der Waals surface area contributed by atoms with E-state index in [1.165, 1.54) is 6.92 Å². The van der Waals surface area contributed by atoms with E-state index in [4.69, 9.17) is 9.60 Å². The Bertz CT molecular complexity index is 1190. The van der Waals surface area contributed by atoms with Crippen molar-refractivity contribution in [3.05, 3.63) is 83.3 Å². The zero-order valence-electron chi connectivity index (χ0n) is 21.1. The topological polar surface area (TPSA) is 12.0 Å². The van der Waals surface area contributed by atoms with Crippen molar-refractivity contribution in [2.24, 2.45) is 0 Å². The Hall–Kier alpha value is -2.33. The summed E-state index contributed by atoms with van der Waals surface area (Å²) in [6.45, 7) is 1.08. The molecule has 4 heteroatoms. The molecule has 0 spiro atoms. The highest BCUT2D eigenvalue weighted by Crippen LogP contribution is 2.29. The van der Waals surface area contributed by atoms with E-state index < -0.39 is 66.8 Å². The Kier molecular flexibility index (Phi) is 3.47. The van der Waals surface area contributed by atoms with Gasteiger partial charge in [-0.05, 0) is 54.2 Å². The number of hydrogen-bond acceptors (Lipinski definition) is 1. The van der Waals surface area contributed by atoms with Gasteiger partial charge in [-0.15, -0.1) is 0 Å². The van der Waals surface area contributed by atoms with Crippen LogP contribution in [0.25, 0.3) is 10.8 Å². The maximum atomic E-state index is 13.3. The largest absolute Gasteiger partial charge is 0.416 e. The molecule has 0 fully saturated rings. The molecule has 1 atom stereocenters. The summed E-state index contributed by atoms with van der Waals surface area (Å²) in [5, 5.41) is 4.50. The summed E-state index contributed by atoms with van der Waals surface area (Å²) in [6, 6.07) is 7.13. The monoisotopic (exact) mass is 364 g/mol. The van der Waals surface area contributed by atoms with Gasteiger partial charge in [0.15, 0.2) is 0 Å². The van der Waals surface area contributed by atoms with E-state index in [2.05, 4.69) is 5.32 Å². The molecular formula is C22H22F3N. The van der Waals surface area contributed by atoms with Gasteiger partial charge < -0.3 is 5.32 Å². The van der Waals surface area contributed by atoms with Crippen molar-refractivity contribution in [3.63, 3.8) is 0 Å². The van der Waals surface area contributed by atoms with E-state index in [9.17, 15) is 13.2 Å². The fourth-order valence-corrected chi connectivity index (χ4v) is 2.64. The van der Waals surface area contributed by atoms with Crippen LogP contribution in [0.5, 0.6) is 0 Å². The summed E-state index contributed by atoms with van der Waals surface area (Å²) in [6.07, 6.45) is -8.07. The fraction of sp³-hybridized carbons (Fsp3) is 0.273. The maximum absolute atomic E-state index is 13.3. The van der Waals surface area contributed by atoms with Gasteiger partial charge in [0.2, 0.25) is 0 Å². The van der Waals surface area contributed by atoms with Gasteiger partial charge in [0.1, 0.15) is 0 Å². The molecule has 26 heavy (non-hydrogen) atoms. The van der Waals surface area contributed by atoms with Gasteiger partial charge in [0.25, 0.3) is 0 Å². The molecule has 1 nitrogen and oxygen atoms in total. The molecule has 0 aliphatic carbocycles. The first-order chi connectivity index (χ1) is 15.2. The first-order valence-corrected chi connectivity index (χ1v) is 8.05. The minimum atomic E-state index is -5.08. The maximum Gasteiger partial charge on any atom is 0.416 e. The van der Waals surface area contributed by atoms with Gasteiger partial charge in [-0.2, -0.15) is 13.2 Å². The van der Waals surface area contributed by atoms with Gasteiger partial charge in [0, 0.05) is 8.76 Å². The SMILES string of the molecule is [2H]c1c([2H])c(CC([2H])([2H])CN[C@@]([2H])(C)c2cccc3ccccc23)c([2H])c(C(F)(F)F)c1[2H]. The Morgan fingerprint density at radius 2 is 1.92 bits per heavy atom. The second-order valence-electron chi connectivity index (χ2n) is 5.78. The average Bonchev–Trinajstić information content (AvgIpc) is 2.73. The van der Waals surface area contributed by atoms with E-state index in [-0.39, 0.29) is 0 Å². The number of rotatable bonds is 6. The average molecular weight is 364 g/mol. The molecule has 0 unspecified atom stereocenters. The number of benzene rings is 3. The van der Waals surface area contributed by atoms with Crippen LogP contribution < -0.4 is 5.32 Å². The Balaban J connectivity index is 1.90. The Morgan fingerprint density at radius 3 is 2.73 bits per heavy atom. The van der Waals surface area contributed by atoms with E-state index in [1.807, 2.05) is 30.3 Å². The minimum Gasteiger partial charge on any atom is -0.310 e. The predicted octanol–water partition coefficient (Wildman–Crippen LogP) is 6.14. The van der Waals surface area contributed by atoms with Crippen LogP contribution in [0.3, 0.4) is 0 Å². The van der Waals surface area contributed by atoms with Crippen molar-refractivity contribution in [1.82, 2.24) is 5.32 Å². The lowest BCUT2D eigenvalue weighted by molar-refractivity contribution is -0.137. The summed E-state index contributed by atoms with van der Waals surface area (Å²) in [5.74, 6) is 0. The minimum absolute atomic E-state index is 0.452. The molecule has 3 aromatic carbocycles. The van der Waals surface area contributed by atoms with Crippen LogP contribution in [0, 0.1) is 0 Å². The van der Waals surface area contributed by atoms with Crippen LogP contribution in [0.4, 0.5) is 13.2 Å². The molecule has 3 rings (SSSR count). The number of fused-ring (bicyclic) bond motifs is 1. The Morgan fingerprint density at radius 1 is 1.15 bits per heavy atom. The number of nitrogens with one attached hydrogen (secondary N) is 1. The molecule has 0 aliphatic heterocycles. The van der Waals surface area contributed by atoms with Gasteiger partial charge in [-0.3, -0.25) is 0 Å². The van der Waals surface area contributed by atoms with Crippen LogP contribution in [0.2, 0.25) is 0 Å². The van der Waals surface area contributed by atoms with Crippen LogP contribution >= 0.6 is 0 Å². The molecular weight excluding hydrogens is 335 g/mol. The zero-order valence-corrected chi connectivity index (χ0v) is 14.1. The smallest absolute Gasteiger partial charge is 0.310 e. The molecule has 0 aromatic heterocycles. The van der Waals surface area contributed by atoms with Crippen LogP contribution in [0.1, 0.15) is 45.6 Å². The second-order valence-corrected chi connectivity index (χ2v) is 5.78. The molecule has 0 amide bonds. The lowest BCUT2D eigenvalue weighted by Gasteiger charge is -2.17. The molecule has 3 aromatic rings. The van der Waals surface area contributed by atoms with Crippen molar-refractivity contribution >= 4 is 10.8 Å². The van der Waals surface area contributed by atoms with E-state index in [0.29, 0.717) is 5.56 Å². The van der Waals surface area contributed by atoms with Crippen molar-refractivity contribution in [2.45, 2.75) is 31.9 Å².